The van der Waals surface area contributed by atoms with Crippen molar-refractivity contribution in [2.75, 3.05) is 19.8 Å². The molecule has 1 atom stereocenters. The Morgan fingerprint density at radius 2 is 1.45 bits per heavy atom. The summed E-state index contributed by atoms with van der Waals surface area (Å²) in [6.07, 6.45) is -0.968. The van der Waals surface area contributed by atoms with Gasteiger partial charge in [0, 0.05) is 0 Å². The fourth-order valence-electron chi connectivity index (χ4n) is 1.59. The largest absolute Gasteiger partial charge is 0.464 e. The second-order valence-electron chi connectivity index (χ2n) is 5.83. The molecule has 0 aliphatic carbocycles. The molecule has 5 nitrogen and oxygen atoms in total. The number of aliphatic hydroxyl groups is 3. The Morgan fingerprint density at radius 3 is 1.85 bits per heavy atom. The lowest BCUT2D eigenvalue weighted by Crippen LogP contribution is -2.52. The molecule has 0 aromatic heterocycles. The van der Waals surface area contributed by atoms with E-state index < -0.39 is 37.1 Å². The Labute approximate surface area is 119 Å². The average Bonchev–Trinajstić information content (AvgIpc) is 2.41. The van der Waals surface area contributed by atoms with Crippen LogP contribution in [0, 0.1) is 5.41 Å². The van der Waals surface area contributed by atoms with Crippen LogP contribution in [-0.4, -0.2) is 47.0 Å². The molecule has 5 heteroatoms. The highest BCUT2D eigenvalue weighted by atomic mass is 16.7. The van der Waals surface area contributed by atoms with Crippen LogP contribution in [0.25, 0.3) is 0 Å². The van der Waals surface area contributed by atoms with Gasteiger partial charge in [-0.2, -0.15) is 0 Å². The van der Waals surface area contributed by atoms with Gasteiger partial charge in [-0.25, -0.2) is 0 Å². The van der Waals surface area contributed by atoms with Crippen LogP contribution in [0.1, 0.15) is 20.8 Å². The van der Waals surface area contributed by atoms with Gasteiger partial charge in [-0.3, -0.25) is 0 Å². The first-order chi connectivity index (χ1) is 9.37. The predicted octanol–water partition coefficient (Wildman–Crippen LogP) is 1.17. The van der Waals surface area contributed by atoms with E-state index in [-0.39, 0.29) is 0 Å². The summed E-state index contributed by atoms with van der Waals surface area (Å²) in [7, 11) is 0. The Balaban J connectivity index is 3.01. The minimum atomic E-state index is -1.27. The second-order valence-corrected chi connectivity index (χ2v) is 5.83. The Bertz CT molecular complexity index is 373. The van der Waals surface area contributed by atoms with E-state index in [0.29, 0.717) is 5.75 Å². The summed E-state index contributed by atoms with van der Waals surface area (Å²) in [5, 5.41) is 28.6. The third-order valence-corrected chi connectivity index (χ3v) is 2.89. The van der Waals surface area contributed by atoms with Crippen LogP contribution in [0.2, 0.25) is 0 Å². The summed E-state index contributed by atoms with van der Waals surface area (Å²) in [5.74, 6) is 0.543. The molecule has 0 amide bonds. The minimum Gasteiger partial charge on any atom is -0.464 e. The minimum absolute atomic E-state index is 0.451. The first-order valence-electron chi connectivity index (χ1n) is 6.59. The van der Waals surface area contributed by atoms with E-state index in [0.717, 1.165) is 0 Å². The molecule has 1 rings (SSSR count). The van der Waals surface area contributed by atoms with E-state index in [4.69, 9.17) is 9.47 Å². The fourth-order valence-corrected chi connectivity index (χ4v) is 1.59. The highest BCUT2D eigenvalue weighted by Crippen LogP contribution is 2.29. The first kappa shape index (κ1) is 16.9. The van der Waals surface area contributed by atoms with Gasteiger partial charge in [-0.05, 0) is 32.9 Å². The zero-order valence-corrected chi connectivity index (χ0v) is 12.2. The highest BCUT2D eigenvalue weighted by Gasteiger charge is 2.42. The van der Waals surface area contributed by atoms with Crippen molar-refractivity contribution in [1.82, 2.24) is 0 Å². The molecule has 0 radical (unpaired) electrons. The van der Waals surface area contributed by atoms with Crippen LogP contribution in [0.3, 0.4) is 0 Å². The third-order valence-electron chi connectivity index (χ3n) is 2.89. The first-order valence-corrected chi connectivity index (χ1v) is 6.59. The molecule has 20 heavy (non-hydrogen) atoms. The maximum absolute atomic E-state index is 9.54. The summed E-state index contributed by atoms with van der Waals surface area (Å²) in [6.45, 7) is 4.16. The van der Waals surface area contributed by atoms with E-state index in [1.807, 2.05) is 39.0 Å². The van der Waals surface area contributed by atoms with Crippen molar-refractivity contribution in [3.8, 4) is 5.75 Å². The van der Waals surface area contributed by atoms with Crippen LogP contribution < -0.4 is 4.74 Å². The molecule has 114 valence electrons. The Kier molecular flexibility index (Phi) is 5.95. The van der Waals surface area contributed by atoms with E-state index in [1.54, 1.807) is 12.1 Å². The number of rotatable bonds is 7. The number of hydrogen-bond acceptors (Lipinski definition) is 5. The number of hydrogen-bond donors (Lipinski definition) is 3. The summed E-state index contributed by atoms with van der Waals surface area (Å²) >= 11 is 0. The summed E-state index contributed by atoms with van der Waals surface area (Å²) in [4.78, 5) is 0. The normalized spacial score (nSPS) is 14.1. The summed E-state index contributed by atoms with van der Waals surface area (Å²) in [6, 6.07) is 8.96. The molecule has 0 aliphatic heterocycles. The van der Waals surface area contributed by atoms with Gasteiger partial charge in [0.1, 0.15) is 11.2 Å². The standard InChI is InChI=1S/C15H24O5/c1-14(2,3)20-13(15(9-16,10-17)11-18)19-12-7-5-4-6-8-12/h4-8,13,16-18H,9-11H2,1-3H3. The lowest BCUT2D eigenvalue weighted by atomic mass is 9.89. The maximum Gasteiger partial charge on any atom is 0.212 e. The highest BCUT2D eigenvalue weighted by molar-refractivity contribution is 5.21. The number of para-hydroxylation sites is 1. The van der Waals surface area contributed by atoms with Crippen molar-refractivity contribution >= 4 is 0 Å². The molecule has 3 N–H and O–H groups in total. The van der Waals surface area contributed by atoms with Gasteiger partial charge in [-0.15, -0.1) is 0 Å². The Morgan fingerprint density at radius 1 is 0.950 bits per heavy atom. The third kappa shape index (κ3) is 4.45. The van der Waals surface area contributed by atoms with Crippen molar-refractivity contribution < 1.29 is 24.8 Å². The quantitative estimate of drug-likeness (QED) is 0.655. The molecule has 0 spiro atoms. The lowest BCUT2D eigenvalue weighted by molar-refractivity contribution is -0.236. The lowest BCUT2D eigenvalue weighted by Gasteiger charge is -2.39. The molecule has 0 bridgehead atoms. The van der Waals surface area contributed by atoms with Crippen LogP contribution in [0.5, 0.6) is 5.75 Å². The average molecular weight is 284 g/mol. The SMILES string of the molecule is CC(C)(C)OC(Oc1ccccc1)C(CO)(CO)CO. The van der Waals surface area contributed by atoms with Crippen molar-refractivity contribution in [3.05, 3.63) is 30.3 Å². The number of benzene rings is 1. The molecule has 0 fully saturated rings. The molecule has 0 saturated carbocycles. The van der Waals surface area contributed by atoms with Crippen molar-refractivity contribution in [3.63, 3.8) is 0 Å². The number of aliphatic hydroxyl groups excluding tert-OH is 3. The smallest absolute Gasteiger partial charge is 0.212 e. The van der Waals surface area contributed by atoms with E-state index in [9.17, 15) is 15.3 Å². The van der Waals surface area contributed by atoms with Crippen LogP contribution in [0.4, 0.5) is 0 Å². The molecule has 0 saturated heterocycles. The van der Waals surface area contributed by atoms with Crippen molar-refractivity contribution in [2.24, 2.45) is 5.41 Å². The van der Waals surface area contributed by atoms with Gasteiger partial charge >= 0.3 is 0 Å². The zero-order chi connectivity index (χ0) is 15.2. The van der Waals surface area contributed by atoms with Crippen LogP contribution >= 0.6 is 0 Å². The van der Waals surface area contributed by atoms with Gasteiger partial charge in [0.15, 0.2) is 0 Å². The summed E-state index contributed by atoms with van der Waals surface area (Å²) in [5.41, 5.74) is -1.83. The predicted molar refractivity (Wildman–Crippen MR) is 75.4 cm³/mol. The maximum atomic E-state index is 9.54. The molecule has 1 unspecified atom stereocenters. The zero-order valence-electron chi connectivity index (χ0n) is 12.2. The van der Waals surface area contributed by atoms with Crippen LogP contribution in [-0.2, 0) is 4.74 Å². The second kappa shape index (κ2) is 7.04. The molecular weight excluding hydrogens is 260 g/mol. The van der Waals surface area contributed by atoms with Gasteiger partial charge in [0.2, 0.25) is 6.29 Å². The van der Waals surface area contributed by atoms with Crippen molar-refractivity contribution in [1.29, 1.82) is 0 Å². The molecule has 0 aliphatic rings. The molecule has 1 aromatic rings. The molecule has 0 heterocycles. The molecular formula is C15H24O5. The van der Waals surface area contributed by atoms with E-state index in [2.05, 4.69) is 0 Å². The molecule has 1 aromatic carbocycles. The van der Waals surface area contributed by atoms with E-state index in [1.165, 1.54) is 0 Å². The number of ether oxygens (including phenoxy) is 2. The van der Waals surface area contributed by atoms with Gasteiger partial charge in [0.25, 0.3) is 0 Å². The monoisotopic (exact) mass is 284 g/mol. The van der Waals surface area contributed by atoms with Gasteiger partial charge in [0.05, 0.1) is 25.4 Å². The fraction of sp³-hybridized carbons (Fsp3) is 0.600. The summed E-state index contributed by atoms with van der Waals surface area (Å²) < 4.78 is 11.5. The van der Waals surface area contributed by atoms with Crippen molar-refractivity contribution in [2.45, 2.75) is 32.7 Å². The van der Waals surface area contributed by atoms with Gasteiger partial charge in [-0.1, -0.05) is 18.2 Å². The topological polar surface area (TPSA) is 79.2 Å². The Hall–Kier alpha value is -1.14. The van der Waals surface area contributed by atoms with Gasteiger partial charge < -0.3 is 24.8 Å². The van der Waals surface area contributed by atoms with Crippen LogP contribution in [0.15, 0.2) is 30.3 Å². The van der Waals surface area contributed by atoms with E-state index >= 15 is 0 Å².